The van der Waals surface area contributed by atoms with Crippen LogP contribution < -0.4 is 0 Å². The monoisotopic (exact) mass is 398 g/mol. The van der Waals surface area contributed by atoms with Crippen molar-refractivity contribution in [1.29, 1.82) is 0 Å². The van der Waals surface area contributed by atoms with Crippen LogP contribution >= 0.6 is 0 Å². The molecule has 2 aliphatic rings. The van der Waals surface area contributed by atoms with Crippen molar-refractivity contribution >= 4 is 5.78 Å². The summed E-state index contributed by atoms with van der Waals surface area (Å²) in [6.45, 7) is 5.41. The maximum Gasteiger partial charge on any atom is 0.429 e. The van der Waals surface area contributed by atoms with Gasteiger partial charge in [0, 0.05) is 12.3 Å². The van der Waals surface area contributed by atoms with Crippen molar-refractivity contribution in [3.63, 3.8) is 0 Å². The highest BCUT2D eigenvalue weighted by Gasteiger charge is 2.69. The molecule has 154 valence electrons. The minimum absolute atomic E-state index is 0.121. The molecule has 8 heteroatoms. The van der Waals surface area contributed by atoms with Crippen molar-refractivity contribution in [2.75, 3.05) is 0 Å². The first kappa shape index (κ1) is 22.0. The SMILES string of the molecule is CC(C)(C/C=C/C(O)(C(F)(F)F)C(F)(F)F)C1=CC[C@H]2C(=O)CCC[C@]12C. The van der Waals surface area contributed by atoms with E-state index in [1.54, 1.807) is 13.8 Å². The van der Waals surface area contributed by atoms with E-state index in [0.717, 1.165) is 24.5 Å². The molecular formula is C19H24F6O2. The molecule has 2 rings (SSSR count). The molecule has 0 aromatic heterocycles. The number of alkyl halides is 6. The van der Waals surface area contributed by atoms with Gasteiger partial charge in [0.15, 0.2) is 0 Å². The fourth-order valence-corrected chi connectivity index (χ4v) is 4.55. The van der Waals surface area contributed by atoms with Crippen LogP contribution in [0.3, 0.4) is 0 Å². The van der Waals surface area contributed by atoms with Crippen LogP contribution in [0.5, 0.6) is 0 Å². The minimum Gasteiger partial charge on any atom is -0.370 e. The van der Waals surface area contributed by atoms with Crippen LogP contribution in [0, 0.1) is 16.7 Å². The first-order valence-electron chi connectivity index (χ1n) is 8.84. The van der Waals surface area contributed by atoms with Crippen LogP contribution in [0.25, 0.3) is 0 Å². The van der Waals surface area contributed by atoms with Crippen molar-refractivity contribution in [1.82, 2.24) is 0 Å². The van der Waals surface area contributed by atoms with Gasteiger partial charge in [-0.2, -0.15) is 26.3 Å². The summed E-state index contributed by atoms with van der Waals surface area (Å²) in [4.78, 5) is 12.2. The fourth-order valence-electron chi connectivity index (χ4n) is 4.55. The predicted octanol–water partition coefficient (Wildman–Crippen LogP) is 5.52. The third-order valence-corrected chi connectivity index (χ3v) is 6.03. The van der Waals surface area contributed by atoms with E-state index >= 15 is 0 Å². The standard InChI is InChI=1S/C19H24F6O2/c1-15(2,9-5-11-17(27,18(20,21)22)19(23,24)25)14-8-7-12-13(26)6-4-10-16(12,14)3/h5,8,11-12,27H,4,6-7,9-10H2,1-3H3/b11-5+/t12-,16-/m0/s1. The summed E-state index contributed by atoms with van der Waals surface area (Å²) >= 11 is 0. The zero-order valence-electron chi connectivity index (χ0n) is 15.5. The normalized spacial score (nSPS) is 27.9. The molecule has 0 radical (unpaired) electrons. The van der Waals surface area contributed by atoms with E-state index < -0.39 is 28.8 Å². The molecule has 2 atom stereocenters. The molecule has 0 bridgehead atoms. The lowest BCUT2D eigenvalue weighted by atomic mass is 9.60. The van der Waals surface area contributed by atoms with Gasteiger partial charge in [-0.25, -0.2) is 0 Å². The Morgan fingerprint density at radius 1 is 1.19 bits per heavy atom. The van der Waals surface area contributed by atoms with Crippen molar-refractivity contribution in [2.45, 2.75) is 70.8 Å². The molecule has 0 aromatic carbocycles. The van der Waals surface area contributed by atoms with Gasteiger partial charge in [0.25, 0.3) is 5.60 Å². The molecular weight excluding hydrogens is 374 g/mol. The molecule has 0 heterocycles. The van der Waals surface area contributed by atoms with Gasteiger partial charge in [0.2, 0.25) is 0 Å². The van der Waals surface area contributed by atoms with E-state index in [1.165, 1.54) is 0 Å². The summed E-state index contributed by atoms with van der Waals surface area (Å²) in [5, 5.41) is 9.22. The molecule has 2 nitrogen and oxygen atoms in total. The van der Waals surface area contributed by atoms with Gasteiger partial charge in [-0.05, 0) is 42.6 Å². The molecule has 0 aliphatic heterocycles. The van der Waals surface area contributed by atoms with Crippen molar-refractivity contribution < 1.29 is 36.2 Å². The highest BCUT2D eigenvalue weighted by atomic mass is 19.4. The second-order valence-corrected chi connectivity index (χ2v) is 8.40. The zero-order valence-corrected chi connectivity index (χ0v) is 15.5. The van der Waals surface area contributed by atoms with Crippen molar-refractivity contribution in [2.24, 2.45) is 16.7 Å². The predicted molar refractivity (Wildman–Crippen MR) is 87.8 cm³/mol. The number of allylic oxidation sites excluding steroid dienone is 3. The summed E-state index contributed by atoms with van der Waals surface area (Å²) in [6, 6.07) is 0. The second kappa shape index (κ2) is 6.64. The average molecular weight is 398 g/mol. The topological polar surface area (TPSA) is 37.3 Å². The molecule has 1 saturated carbocycles. The third kappa shape index (κ3) is 3.69. The minimum atomic E-state index is -5.87. The molecule has 0 amide bonds. The third-order valence-electron chi connectivity index (χ3n) is 6.03. The van der Waals surface area contributed by atoms with Crippen LogP contribution in [0.15, 0.2) is 23.8 Å². The number of hydrogen-bond donors (Lipinski definition) is 1. The number of aliphatic hydroxyl groups is 1. The molecule has 1 N–H and O–H groups in total. The number of carbonyl (C=O) groups excluding carboxylic acids is 1. The van der Waals surface area contributed by atoms with Gasteiger partial charge in [-0.1, -0.05) is 38.5 Å². The van der Waals surface area contributed by atoms with Crippen LogP contribution in [0.2, 0.25) is 0 Å². The Kier molecular flexibility index (Phi) is 5.40. The summed E-state index contributed by atoms with van der Waals surface area (Å²) in [5.41, 5.74) is -5.15. The van der Waals surface area contributed by atoms with Crippen LogP contribution in [-0.2, 0) is 4.79 Å². The highest BCUT2D eigenvalue weighted by Crippen LogP contribution is 2.57. The van der Waals surface area contributed by atoms with Gasteiger partial charge in [0.1, 0.15) is 5.78 Å². The summed E-state index contributed by atoms with van der Waals surface area (Å²) in [6.07, 6.45) is -6.89. The summed E-state index contributed by atoms with van der Waals surface area (Å²) in [5.74, 6) is -0.0170. The van der Waals surface area contributed by atoms with E-state index in [9.17, 15) is 36.2 Å². The van der Waals surface area contributed by atoms with Crippen molar-refractivity contribution in [3.8, 4) is 0 Å². The first-order valence-corrected chi connectivity index (χ1v) is 8.84. The fraction of sp³-hybridized carbons (Fsp3) is 0.737. The van der Waals surface area contributed by atoms with E-state index in [1.807, 2.05) is 13.0 Å². The molecule has 0 saturated heterocycles. The van der Waals surface area contributed by atoms with Crippen LogP contribution in [0.1, 0.15) is 52.9 Å². The summed E-state index contributed by atoms with van der Waals surface area (Å²) in [7, 11) is 0. The van der Waals surface area contributed by atoms with E-state index in [-0.39, 0.29) is 24.2 Å². The number of hydrogen-bond acceptors (Lipinski definition) is 2. The molecule has 1 fully saturated rings. The number of Topliss-reactive ketones (excluding diaryl/α,β-unsaturated/α-hetero) is 1. The second-order valence-electron chi connectivity index (χ2n) is 8.40. The molecule has 0 spiro atoms. The Morgan fingerprint density at radius 2 is 1.74 bits per heavy atom. The van der Waals surface area contributed by atoms with Gasteiger partial charge in [-0.3, -0.25) is 4.79 Å². The van der Waals surface area contributed by atoms with Gasteiger partial charge >= 0.3 is 12.4 Å². The Balaban J connectivity index is 2.24. The maximum atomic E-state index is 12.8. The Morgan fingerprint density at radius 3 is 2.26 bits per heavy atom. The number of halogens is 6. The molecule has 0 aromatic rings. The Hall–Kier alpha value is -1.31. The smallest absolute Gasteiger partial charge is 0.370 e. The largest absolute Gasteiger partial charge is 0.429 e. The highest BCUT2D eigenvalue weighted by molar-refractivity contribution is 5.84. The summed E-state index contributed by atoms with van der Waals surface area (Å²) < 4.78 is 76.7. The van der Waals surface area contributed by atoms with E-state index in [4.69, 9.17) is 0 Å². The molecule has 27 heavy (non-hydrogen) atoms. The molecule has 2 aliphatic carbocycles. The maximum absolute atomic E-state index is 12.8. The number of carbonyl (C=O) groups is 1. The average Bonchev–Trinajstić information content (AvgIpc) is 2.84. The first-order chi connectivity index (χ1) is 12.1. The Bertz CT molecular complexity index is 642. The Labute approximate surface area is 154 Å². The lowest BCUT2D eigenvalue weighted by Gasteiger charge is -2.43. The van der Waals surface area contributed by atoms with Gasteiger partial charge in [0.05, 0.1) is 0 Å². The van der Waals surface area contributed by atoms with Gasteiger partial charge < -0.3 is 5.11 Å². The lowest BCUT2D eigenvalue weighted by molar-refractivity contribution is -0.347. The van der Waals surface area contributed by atoms with Crippen LogP contribution in [-0.4, -0.2) is 28.8 Å². The van der Waals surface area contributed by atoms with Crippen molar-refractivity contribution in [3.05, 3.63) is 23.8 Å². The lowest BCUT2D eigenvalue weighted by Crippen LogP contribution is -2.55. The molecule has 0 unspecified atom stereocenters. The number of ketones is 1. The zero-order chi connectivity index (χ0) is 20.9. The quantitative estimate of drug-likeness (QED) is 0.500. The van der Waals surface area contributed by atoms with Crippen LogP contribution in [0.4, 0.5) is 26.3 Å². The number of rotatable bonds is 4. The number of fused-ring (bicyclic) bond motifs is 1. The van der Waals surface area contributed by atoms with E-state index in [2.05, 4.69) is 0 Å². The van der Waals surface area contributed by atoms with E-state index in [0.29, 0.717) is 12.8 Å². The van der Waals surface area contributed by atoms with Gasteiger partial charge in [-0.15, -0.1) is 0 Å².